The summed E-state index contributed by atoms with van der Waals surface area (Å²) in [7, 11) is 1.57. The van der Waals surface area contributed by atoms with Crippen LogP contribution in [0, 0.1) is 5.92 Å². The van der Waals surface area contributed by atoms with Gasteiger partial charge in [-0.1, -0.05) is 36.4 Å². The number of thioether (sulfide) groups is 1. The number of methoxy groups -OCH3 is 1. The lowest BCUT2D eigenvalue weighted by Crippen LogP contribution is -2.32. The number of carbonyl (C=O) groups excluding carboxylic acids is 3. The smallest absolute Gasteiger partial charge is 0.241 e. The second-order valence-electron chi connectivity index (χ2n) is 9.11. The summed E-state index contributed by atoms with van der Waals surface area (Å²) in [6.45, 7) is 0.816. The molecule has 1 unspecified atom stereocenters. The van der Waals surface area contributed by atoms with E-state index in [1.807, 2.05) is 48.5 Å². The molecule has 192 valence electrons. The summed E-state index contributed by atoms with van der Waals surface area (Å²) >= 11 is 1.72. The highest BCUT2D eigenvalue weighted by atomic mass is 32.2. The molecule has 1 saturated heterocycles. The minimum absolute atomic E-state index is 0.0155. The van der Waals surface area contributed by atoms with E-state index < -0.39 is 5.92 Å². The number of aromatic nitrogens is 2. The fourth-order valence-electron chi connectivity index (χ4n) is 4.63. The van der Waals surface area contributed by atoms with Gasteiger partial charge in [0.2, 0.25) is 17.7 Å². The summed E-state index contributed by atoms with van der Waals surface area (Å²) in [4.78, 5) is 40.3. The van der Waals surface area contributed by atoms with Crippen molar-refractivity contribution < 1.29 is 19.1 Å². The Morgan fingerprint density at radius 3 is 2.78 bits per heavy atom. The van der Waals surface area contributed by atoms with Crippen LogP contribution in [0.4, 0.5) is 11.5 Å². The number of hydrogen-bond donors (Lipinski definition) is 2. The van der Waals surface area contributed by atoms with E-state index in [2.05, 4.69) is 15.7 Å². The van der Waals surface area contributed by atoms with Gasteiger partial charge in [0.05, 0.1) is 18.7 Å². The monoisotopic (exact) mass is 519 g/mol. The van der Waals surface area contributed by atoms with E-state index in [1.165, 1.54) is 0 Å². The molecular weight excluding hydrogens is 490 g/mol. The van der Waals surface area contributed by atoms with E-state index in [0.29, 0.717) is 23.8 Å². The summed E-state index contributed by atoms with van der Waals surface area (Å²) in [5, 5.41) is 10.5. The highest BCUT2D eigenvalue weighted by molar-refractivity contribution is 7.98. The topological polar surface area (TPSA) is 106 Å². The average molecular weight is 520 g/mol. The Morgan fingerprint density at radius 2 is 1.97 bits per heavy atom. The predicted octanol–water partition coefficient (Wildman–Crippen LogP) is 2.99. The Hall–Kier alpha value is -3.79. The normalized spacial score (nSPS) is 16.5. The van der Waals surface area contributed by atoms with Crippen molar-refractivity contribution in [3.63, 3.8) is 0 Å². The number of anilines is 2. The number of ether oxygens (including phenoxy) is 1. The summed E-state index contributed by atoms with van der Waals surface area (Å²) in [5.74, 6) is 1.64. The molecule has 37 heavy (non-hydrogen) atoms. The highest BCUT2D eigenvalue weighted by Crippen LogP contribution is 2.35. The highest BCUT2D eigenvalue weighted by Gasteiger charge is 2.36. The van der Waals surface area contributed by atoms with Crippen molar-refractivity contribution in [2.75, 3.05) is 30.4 Å². The first-order valence-electron chi connectivity index (χ1n) is 12.2. The van der Waals surface area contributed by atoms with E-state index in [-0.39, 0.29) is 37.2 Å². The van der Waals surface area contributed by atoms with Crippen LogP contribution in [-0.4, -0.2) is 47.7 Å². The SMILES string of the molecule is COc1cccc(N2CC(C(=O)Nc3c4c(nn3CC(=O)NCCc3ccccc3)CSC4)CC2=O)c1. The van der Waals surface area contributed by atoms with Gasteiger partial charge in [0, 0.05) is 48.3 Å². The van der Waals surface area contributed by atoms with E-state index in [9.17, 15) is 14.4 Å². The molecule has 2 aromatic carbocycles. The van der Waals surface area contributed by atoms with Crippen LogP contribution in [0.5, 0.6) is 5.75 Å². The Morgan fingerprint density at radius 1 is 1.14 bits per heavy atom. The van der Waals surface area contributed by atoms with Crippen molar-refractivity contribution in [2.45, 2.75) is 30.9 Å². The quantitative estimate of drug-likeness (QED) is 0.450. The van der Waals surface area contributed by atoms with Crippen molar-refractivity contribution in [3.8, 4) is 5.75 Å². The van der Waals surface area contributed by atoms with Crippen LogP contribution < -0.4 is 20.3 Å². The Bertz CT molecular complexity index is 1310. The number of benzene rings is 2. The molecule has 3 amide bonds. The second-order valence-corrected chi connectivity index (χ2v) is 10.1. The van der Waals surface area contributed by atoms with Crippen LogP contribution in [0.25, 0.3) is 0 Å². The van der Waals surface area contributed by atoms with Crippen molar-refractivity contribution in [3.05, 3.63) is 71.4 Å². The van der Waals surface area contributed by atoms with E-state index in [0.717, 1.165) is 34.7 Å². The first kappa shape index (κ1) is 24.9. The van der Waals surface area contributed by atoms with Crippen molar-refractivity contribution in [2.24, 2.45) is 5.92 Å². The number of fused-ring (bicyclic) bond motifs is 1. The molecule has 2 aliphatic rings. The summed E-state index contributed by atoms with van der Waals surface area (Å²) in [6, 6.07) is 17.2. The minimum atomic E-state index is -0.508. The minimum Gasteiger partial charge on any atom is -0.497 e. The number of carbonyl (C=O) groups is 3. The molecule has 0 spiro atoms. The molecule has 10 heteroatoms. The third-order valence-electron chi connectivity index (χ3n) is 6.59. The summed E-state index contributed by atoms with van der Waals surface area (Å²) < 4.78 is 6.85. The average Bonchev–Trinajstić information content (AvgIpc) is 3.61. The lowest BCUT2D eigenvalue weighted by Gasteiger charge is -2.18. The molecule has 0 bridgehead atoms. The van der Waals surface area contributed by atoms with E-state index >= 15 is 0 Å². The maximum atomic E-state index is 13.3. The van der Waals surface area contributed by atoms with Crippen LogP contribution in [0.3, 0.4) is 0 Å². The first-order chi connectivity index (χ1) is 18.0. The molecule has 1 aromatic heterocycles. The zero-order valence-corrected chi connectivity index (χ0v) is 21.4. The van der Waals surface area contributed by atoms with Gasteiger partial charge >= 0.3 is 0 Å². The molecule has 0 aliphatic carbocycles. The number of rotatable bonds is 9. The van der Waals surface area contributed by atoms with Gasteiger partial charge in [0.1, 0.15) is 18.1 Å². The van der Waals surface area contributed by atoms with Crippen LogP contribution in [-0.2, 0) is 38.9 Å². The Balaban J connectivity index is 1.23. The lowest BCUT2D eigenvalue weighted by molar-refractivity contribution is -0.122. The van der Waals surface area contributed by atoms with Gasteiger partial charge in [-0.2, -0.15) is 16.9 Å². The predicted molar refractivity (Wildman–Crippen MR) is 142 cm³/mol. The van der Waals surface area contributed by atoms with Crippen LogP contribution in [0.15, 0.2) is 54.6 Å². The molecule has 0 radical (unpaired) electrons. The Labute approximate surface area is 219 Å². The van der Waals surface area contributed by atoms with Gasteiger partial charge in [0.15, 0.2) is 0 Å². The van der Waals surface area contributed by atoms with Gasteiger partial charge in [-0.3, -0.25) is 14.4 Å². The molecule has 0 saturated carbocycles. The van der Waals surface area contributed by atoms with Gasteiger partial charge in [-0.25, -0.2) is 4.68 Å². The first-order valence-corrected chi connectivity index (χ1v) is 13.4. The maximum absolute atomic E-state index is 13.3. The van der Waals surface area contributed by atoms with Crippen LogP contribution in [0.2, 0.25) is 0 Å². The number of nitrogens with one attached hydrogen (secondary N) is 2. The third-order valence-corrected chi connectivity index (χ3v) is 7.56. The van der Waals surface area contributed by atoms with Crippen molar-refractivity contribution in [1.82, 2.24) is 15.1 Å². The zero-order chi connectivity index (χ0) is 25.8. The van der Waals surface area contributed by atoms with Crippen LogP contribution in [0.1, 0.15) is 23.2 Å². The molecule has 2 aliphatic heterocycles. The molecule has 3 heterocycles. The molecular formula is C27H29N5O4S. The second kappa shape index (κ2) is 11.1. The number of nitrogens with zero attached hydrogens (tertiary/aromatic N) is 3. The maximum Gasteiger partial charge on any atom is 0.241 e. The van der Waals surface area contributed by atoms with Crippen molar-refractivity contribution in [1.29, 1.82) is 0 Å². The molecule has 3 aromatic rings. The van der Waals surface area contributed by atoms with Gasteiger partial charge in [0.25, 0.3) is 0 Å². The molecule has 1 fully saturated rings. The number of amides is 3. The van der Waals surface area contributed by atoms with Gasteiger partial charge < -0.3 is 20.3 Å². The summed E-state index contributed by atoms with van der Waals surface area (Å²) in [5.41, 5.74) is 3.69. The number of hydrogen-bond acceptors (Lipinski definition) is 6. The fraction of sp³-hybridized carbons (Fsp3) is 0.333. The van der Waals surface area contributed by atoms with Crippen LogP contribution >= 0.6 is 11.8 Å². The standard InChI is InChI=1S/C27H29N5O4S/c1-36-21-9-5-8-20(13-21)31-14-19(12-25(31)34)27(35)29-26-22-16-37-17-23(22)30-32(26)15-24(33)28-11-10-18-6-3-2-4-7-18/h2-9,13,19H,10-12,14-17H2,1H3,(H,28,33)(H,29,35). The summed E-state index contributed by atoms with van der Waals surface area (Å²) in [6.07, 6.45) is 0.857. The van der Waals surface area contributed by atoms with E-state index in [4.69, 9.17) is 4.74 Å². The Kier molecular flexibility index (Phi) is 7.45. The molecule has 1 atom stereocenters. The van der Waals surface area contributed by atoms with E-state index in [1.54, 1.807) is 34.5 Å². The van der Waals surface area contributed by atoms with Gasteiger partial charge in [-0.05, 0) is 24.1 Å². The molecule has 2 N–H and O–H groups in total. The largest absolute Gasteiger partial charge is 0.497 e. The fourth-order valence-corrected chi connectivity index (χ4v) is 5.67. The van der Waals surface area contributed by atoms with Crippen molar-refractivity contribution >= 4 is 41.0 Å². The molecule has 5 rings (SSSR count). The lowest BCUT2D eigenvalue weighted by atomic mass is 10.1. The molecule has 9 nitrogen and oxygen atoms in total. The zero-order valence-electron chi connectivity index (χ0n) is 20.6. The van der Waals surface area contributed by atoms with Gasteiger partial charge in [-0.15, -0.1) is 0 Å². The third kappa shape index (κ3) is 5.64.